The Bertz CT molecular complexity index is 833. The molecule has 0 aliphatic rings. The summed E-state index contributed by atoms with van der Waals surface area (Å²) in [7, 11) is 3.32. The third kappa shape index (κ3) is 4.29. The maximum Gasteiger partial charge on any atom is 0.331 e. The number of ether oxygens (including phenoxy) is 2. The van der Waals surface area contributed by atoms with Gasteiger partial charge in [-0.2, -0.15) is 0 Å². The number of carbonyl (C=O) groups excluding carboxylic acids is 2. The second kappa shape index (κ2) is 7.70. The molecule has 0 unspecified atom stereocenters. The number of carbonyl (C=O) groups is 2. The van der Waals surface area contributed by atoms with E-state index in [0.717, 1.165) is 11.4 Å². The number of phenols is 1. The summed E-state index contributed by atoms with van der Waals surface area (Å²) < 4.78 is 11.9. The smallest absolute Gasteiger partial charge is 0.331 e. The Labute approximate surface area is 146 Å². The van der Waals surface area contributed by atoms with E-state index in [1.165, 1.54) is 25.3 Å². The van der Waals surface area contributed by atoms with Gasteiger partial charge >= 0.3 is 5.97 Å². The van der Waals surface area contributed by atoms with E-state index >= 15 is 0 Å². The first-order chi connectivity index (χ1) is 11.8. The van der Waals surface area contributed by atoms with Gasteiger partial charge < -0.3 is 19.1 Å². The van der Waals surface area contributed by atoms with Crippen molar-refractivity contribution in [3.8, 4) is 11.5 Å². The molecule has 0 fully saturated rings. The van der Waals surface area contributed by atoms with Crippen LogP contribution in [0.3, 0.4) is 0 Å². The number of ketones is 1. The molecule has 0 saturated heterocycles. The van der Waals surface area contributed by atoms with E-state index in [4.69, 9.17) is 9.47 Å². The summed E-state index contributed by atoms with van der Waals surface area (Å²) in [4.78, 5) is 24.0. The van der Waals surface area contributed by atoms with Crippen molar-refractivity contribution in [1.82, 2.24) is 4.57 Å². The highest BCUT2D eigenvalue weighted by atomic mass is 16.5. The molecule has 0 saturated carbocycles. The zero-order chi connectivity index (χ0) is 18.6. The number of nitrogens with zero attached hydrogens (tertiary/aromatic N) is 1. The molecule has 0 spiro atoms. The first-order valence-electron chi connectivity index (χ1n) is 7.71. The number of Topliss-reactive ketones (excluding diaryl/α,β-unsaturated/α-hetero) is 1. The van der Waals surface area contributed by atoms with E-state index in [2.05, 4.69) is 0 Å². The summed E-state index contributed by atoms with van der Waals surface area (Å²) in [5.74, 6) is -0.540. The summed E-state index contributed by atoms with van der Waals surface area (Å²) in [5.41, 5.74) is 3.02. The maximum absolute atomic E-state index is 12.2. The van der Waals surface area contributed by atoms with E-state index in [-0.39, 0.29) is 18.1 Å². The van der Waals surface area contributed by atoms with Crippen molar-refractivity contribution in [3.63, 3.8) is 0 Å². The van der Waals surface area contributed by atoms with Crippen LogP contribution in [-0.2, 0) is 16.6 Å². The normalized spacial score (nSPS) is 10.9. The molecule has 0 aliphatic heterocycles. The number of hydrogen-bond donors (Lipinski definition) is 1. The average Bonchev–Trinajstić information content (AvgIpc) is 2.86. The van der Waals surface area contributed by atoms with Crippen molar-refractivity contribution in [3.05, 3.63) is 52.9 Å². The Kier molecular flexibility index (Phi) is 5.64. The van der Waals surface area contributed by atoms with Crippen LogP contribution in [0.2, 0.25) is 0 Å². The third-order valence-electron chi connectivity index (χ3n) is 4.04. The molecule has 1 N–H and O–H groups in total. The molecule has 0 bridgehead atoms. The van der Waals surface area contributed by atoms with Crippen LogP contribution in [-0.4, -0.2) is 35.1 Å². The lowest BCUT2D eigenvalue weighted by molar-refractivity contribution is -0.136. The van der Waals surface area contributed by atoms with Crippen LogP contribution in [0.25, 0.3) is 6.08 Å². The SMILES string of the molecule is COc1cc(C=CC(=O)OCC(=O)c2cc(C)n(C)c2C)ccc1O. The fourth-order valence-electron chi connectivity index (χ4n) is 2.36. The number of esters is 1. The minimum atomic E-state index is -0.620. The Morgan fingerprint density at radius 2 is 1.96 bits per heavy atom. The Morgan fingerprint density at radius 3 is 2.56 bits per heavy atom. The molecular weight excluding hydrogens is 322 g/mol. The van der Waals surface area contributed by atoms with Gasteiger partial charge in [-0.05, 0) is 43.7 Å². The summed E-state index contributed by atoms with van der Waals surface area (Å²) in [5, 5.41) is 9.53. The van der Waals surface area contributed by atoms with Gasteiger partial charge in [-0.3, -0.25) is 4.79 Å². The van der Waals surface area contributed by atoms with Crippen molar-refractivity contribution in [2.45, 2.75) is 13.8 Å². The zero-order valence-corrected chi connectivity index (χ0v) is 14.7. The molecular formula is C19H21NO5. The molecule has 1 aromatic carbocycles. The van der Waals surface area contributed by atoms with Crippen LogP contribution in [0.15, 0.2) is 30.3 Å². The number of benzene rings is 1. The molecule has 6 nitrogen and oxygen atoms in total. The van der Waals surface area contributed by atoms with E-state index in [9.17, 15) is 14.7 Å². The molecule has 132 valence electrons. The lowest BCUT2D eigenvalue weighted by atomic mass is 10.1. The summed E-state index contributed by atoms with van der Waals surface area (Å²) >= 11 is 0. The number of hydrogen-bond acceptors (Lipinski definition) is 5. The fourth-order valence-corrected chi connectivity index (χ4v) is 2.36. The molecule has 25 heavy (non-hydrogen) atoms. The predicted molar refractivity (Wildman–Crippen MR) is 93.9 cm³/mol. The standard InChI is InChI=1S/C19H21NO5/c1-12-9-15(13(2)20(12)3)17(22)11-25-19(23)8-6-14-5-7-16(21)18(10-14)24-4/h5-10,21H,11H2,1-4H3. The Balaban J connectivity index is 1.96. The topological polar surface area (TPSA) is 77.8 Å². The quantitative estimate of drug-likeness (QED) is 0.496. The molecule has 2 rings (SSSR count). The number of aryl methyl sites for hydroxylation is 1. The Morgan fingerprint density at radius 1 is 1.24 bits per heavy atom. The van der Waals surface area contributed by atoms with Crippen molar-refractivity contribution in [2.75, 3.05) is 13.7 Å². The van der Waals surface area contributed by atoms with E-state index in [1.54, 1.807) is 18.2 Å². The summed E-state index contributed by atoms with van der Waals surface area (Å²) in [6.45, 7) is 3.44. The van der Waals surface area contributed by atoms with Gasteiger partial charge in [0.25, 0.3) is 0 Å². The minimum absolute atomic E-state index is 0.0151. The molecule has 1 heterocycles. The highest BCUT2D eigenvalue weighted by molar-refractivity contribution is 6.00. The number of phenolic OH excluding ortho intramolecular Hbond substituents is 1. The van der Waals surface area contributed by atoms with Crippen molar-refractivity contribution in [2.24, 2.45) is 7.05 Å². The second-order valence-electron chi connectivity index (χ2n) is 5.64. The number of aromatic nitrogens is 1. The van der Waals surface area contributed by atoms with E-state index < -0.39 is 5.97 Å². The maximum atomic E-state index is 12.2. The van der Waals surface area contributed by atoms with Crippen molar-refractivity contribution >= 4 is 17.8 Å². The van der Waals surface area contributed by atoms with E-state index in [1.807, 2.05) is 25.5 Å². The van der Waals surface area contributed by atoms with Crippen molar-refractivity contribution in [1.29, 1.82) is 0 Å². The lowest BCUT2D eigenvalue weighted by Crippen LogP contribution is -2.13. The molecule has 0 aliphatic carbocycles. The minimum Gasteiger partial charge on any atom is -0.504 e. The van der Waals surface area contributed by atoms with Gasteiger partial charge in [0.15, 0.2) is 18.1 Å². The summed E-state index contributed by atoms with van der Waals surface area (Å²) in [6, 6.07) is 6.46. The van der Waals surface area contributed by atoms with Crippen LogP contribution < -0.4 is 4.74 Å². The molecule has 6 heteroatoms. The molecule has 0 amide bonds. The van der Waals surface area contributed by atoms with Crippen LogP contribution >= 0.6 is 0 Å². The summed E-state index contributed by atoms with van der Waals surface area (Å²) in [6.07, 6.45) is 2.74. The molecule has 2 aromatic rings. The van der Waals surface area contributed by atoms with Gasteiger partial charge in [0.05, 0.1) is 7.11 Å². The molecule has 0 atom stereocenters. The van der Waals surface area contributed by atoms with Gasteiger partial charge in [-0.25, -0.2) is 4.79 Å². The van der Waals surface area contributed by atoms with Crippen LogP contribution in [0, 0.1) is 13.8 Å². The fraction of sp³-hybridized carbons (Fsp3) is 0.263. The first-order valence-corrected chi connectivity index (χ1v) is 7.71. The van der Waals surface area contributed by atoms with Crippen molar-refractivity contribution < 1.29 is 24.2 Å². The molecule has 1 aromatic heterocycles. The van der Waals surface area contributed by atoms with Gasteiger partial charge in [0, 0.05) is 30.1 Å². The van der Waals surface area contributed by atoms with Gasteiger partial charge in [-0.15, -0.1) is 0 Å². The Hall–Kier alpha value is -3.02. The van der Waals surface area contributed by atoms with Gasteiger partial charge in [0.1, 0.15) is 0 Å². The second-order valence-corrected chi connectivity index (χ2v) is 5.64. The highest BCUT2D eigenvalue weighted by Gasteiger charge is 2.15. The monoisotopic (exact) mass is 343 g/mol. The first kappa shape index (κ1) is 18.3. The molecule has 0 radical (unpaired) electrons. The average molecular weight is 343 g/mol. The lowest BCUT2D eigenvalue weighted by Gasteiger charge is -2.04. The number of rotatable bonds is 6. The van der Waals surface area contributed by atoms with Crippen LogP contribution in [0.5, 0.6) is 11.5 Å². The van der Waals surface area contributed by atoms with E-state index in [0.29, 0.717) is 16.9 Å². The number of aromatic hydroxyl groups is 1. The van der Waals surface area contributed by atoms with Crippen LogP contribution in [0.1, 0.15) is 27.3 Å². The largest absolute Gasteiger partial charge is 0.504 e. The highest BCUT2D eigenvalue weighted by Crippen LogP contribution is 2.26. The van der Waals surface area contributed by atoms with Gasteiger partial charge in [0.2, 0.25) is 5.78 Å². The van der Waals surface area contributed by atoms with Gasteiger partial charge in [-0.1, -0.05) is 6.07 Å². The zero-order valence-electron chi connectivity index (χ0n) is 14.7. The van der Waals surface area contributed by atoms with Crippen LogP contribution in [0.4, 0.5) is 0 Å². The number of methoxy groups -OCH3 is 1. The third-order valence-corrected chi connectivity index (χ3v) is 4.04. The predicted octanol–water partition coefficient (Wildman–Crippen LogP) is 2.80.